The quantitative estimate of drug-likeness (QED) is 0.680. The lowest BCUT2D eigenvalue weighted by Gasteiger charge is -2.03. The molecule has 84 valence electrons. The van der Waals surface area contributed by atoms with Gasteiger partial charge in [0.2, 0.25) is 0 Å². The average Bonchev–Trinajstić information content (AvgIpc) is 2.40. The largest absolute Gasteiger partial charge is 0.0985 e. The second-order valence-electron chi connectivity index (χ2n) is 3.95. The highest BCUT2D eigenvalue weighted by molar-refractivity contribution is 5.67. The van der Waals surface area contributed by atoms with E-state index in [1.54, 1.807) is 0 Å². The van der Waals surface area contributed by atoms with Crippen molar-refractivity contribution in [3.8, 4) is 11.1 Å². The third-order valence-corrected chi connectivity index (χ3v) is 2.75. The minimum atomic E-state index is 1.15. The molecule has 0 bridgehead atoms. The second kappa shape index (κ2) is 5.31. The summed E-state index contributed by atoms with van der Waals surface area (Å²) in [6.07, 6.45) is 6.01. The van der Waals surface area contributed by atoms with E-state index in [9.17, 15) is 0 Å². The van der Waals surface area contributed by atoms with E-state index < -0.39 is 0 Å². The van der Waals surface area contributed by atoms with Crippen LogP contribution in [0.15, 0.2) is 61.2 Å². The van der Waals surface area contributed by atoms with Crippen molar-refractivity contribution in [1.82, 2.24) is 0 Å². The molecule has 0 saturated heterocycles. The Morgan fingerprint density at radius 3 is 1.65 bits per heavy atom. The van der Waals surface area contributed by atoms with Crippen LogP contribution in [0.25, 0.3) is 23.3 Å². The summed E-state index contributed by atoms with van der Waals surface area (Å²) in [5.41, 5.74) is 4.87. The normalized spacial score (nSPS) is 10.6. The van der Waals surface area contributed by atoms with Crippen LogP contribution in [-0.4, -0.2) is 0 Å². The molecule has 0 saturated carbocycles. The molecule has 0 heteroatoms. The van der Waals surface area contributed by atoms with Crippen LogP contribution < -0.4 is 0 Å². The van der Waals surface area contributed by atoms with Crippen LogP contribution in [-0.2, 0) is 0 Å². The first-order chi connectivity index (χ1) is 8.33. The van der Waals surface area contributed by atoms with Gasteiger partial charge in [0.15, 0.2) is 0 Å². The van der Waals surface area contributed by atoms with Crippen LogP contribution in [0.5, 0.6) is 0 Å². The van der Waals surface area contributed by atoms with Gasteiger partial charge in [0.1, 0.15) is 0 Å². The van der Waals surface area contributed by atoms with Crippen molar-refractivity contribution in [3.63, 3.8) is 0 Å². The summed E-state index contributed by atoms with van der Waals surface area (Å²) in [5, 5.41) is 0. The zero-order valence-electron chi connectivity index (χ0n) is 10.1. The van der Waals surface area contributed by atoms with Gasteiger partial charge in [-0.2, -0.15) is 0 Å². The van der Waals surface area contributed by atoms with Crippen molar-refractivity contribution >= 4 is 12.2 Å². The van der Waals surface area contributed by atoms with E-state index in [1.165, 1.54) is 16.7 Å². The average molecular weight is 220 g/mol. The van der Waals surface area contributed by atoms with Gasteiger partial charge in [-0.1, -0.05) is 73.3 Å². The molecule has 2 rings (SSSR count). The first kappa shape index (κ1) is 11.4. The summed E-state index contributed by atoms with van der Waals surface area (Å²) in [7, 11) is 0. The van der Waals surface area contributed by atoms with Gasteiger partial charge in [-0.25, -0.2) is 0 Å². The first-order valence-corrected chi connectivity index (χ1v) is 5.79. The fraction of sp³-hybridized carbons (Fsp3) is 0.0588. The molecule has 0 unspecified atom stereocenters. The van der Waals surface area contributed by atoms with Gasteiger partial charge in [0.05, 0.1) is 0 Å². The van der Waals surface area contributed by atoms with Crippen LogP contribution in [0, 0.1) is 0 Å². The van der Waals surface area contributed by atoms with E-state index >= 15 is 0 Å². The minimum Gasteiger partial charge on any atom is -0.0985 e. The third-order valence-electron chi connectivity index (χ3n) is 2.75. The standard InChI is InChI=1S/C17H16/c1-3-5-15-8-12-17(13-9-15)16-10-6-14(4-2)7-11-16/h3-13H,2H2,1H3. The molecular weight excluding hydrogens is 204 g/mol. The smallest absolute Gasteiger partial charge is 0.0184 e. The summed E-state index contributed by atoms with van der Waals surface area (Å²) in [5.74, 6) is 0. The lowest BCUT2D eigenvalue weighted by atomic mass is 10.0. The fourth-order valence-electron chi connectivity index (χ4n) is 1.79. The van der Waals surface area contributed by atoms with Gasteiger partial charge < -0.3 is 0 Å². The molecule has 0 nitrogen and oxygen atoms in total. The second-order valence-corrected chi connectivity index (χ2v) is 3.95. The molecule has 0 spiro atoms. The Balaban J connectivity index is 2.29. The zero-order valence-corrected chi connectivity index (χ0v) is 10.1. The SMILES string of the molecule is C=Cc1ccc(-c2ccc(C=CC)cc2)cc1. The van der Waals surface area contributed by atoms with Crippen LogP contribution in [0.1, 0.15) is 18.1 Å². The lowest BCUT2D eigenvalue weighted by molar-refractivity contribution is 1.58. The van der Waals surface area contributed by atoms with Gasteiger partial charge in [-0.3, -0.25) is 0 Å². The molecule has 0 aliphatic heterocycles. The highest BCUT2D eigenvalue weighted by atomic mass is 14.0. The molecule has 2 aromatic carbocycles. The van der Waals surface area contributed by atoms with Gasteiger partial charge in [0, 0.05) is 0 Å². The first-order valence-electron chi connectivity index (χ1n) is 5.79. The Morgan fingerprint density at radius 1 is 0.765 bits per heavy atom. The van der Waals surface area contributed by atoms with Gasteiger partial charge in [-0.05, 0) is 29.2 Å². The molecule has 0 aromatic heterocycles. The van der Waals surface area contributed by atoms with E-state index in [0.717, 1.165) is 5.56 Å². The third kappa shape index (κ3) is 2.73. The van der Waals surface area contributed by atoms with E-state index in [-0.39, 0.29) is 0 Å². The molecule has 2 aromatic rings. The van der Waals surface area contributed by atoms with Crippen LogP contribution in [0.3, 0.4) is 0 Å². The van der Waals surface area contributed by atoms with Crippen molar-refractivity contribution in [2.75, 3.05) is 0 Å². The molecule has 17 heavy (non-hydrogen) atoms. The molecule has 0 aliphatic carbocycles. The van der Waals surface area contributed by atoms with Crippen LogP contribution in [0.2, 0.25) is 0 Å². The number of allylic oxidation sites excluding steroid dienone is 1. The van der Waals surface area contributed by atoms with E-state index in [2.05, 4.69) is 61.2 Å². The van der Waals surface area contributed by atoms with Crippen LogP contribution >= 0.6 is 0 Å². The molecule has 0 aliphatic rings. The minimum absolute atomic E-state index is 1.15. The molecule has 0 amide bonds. The summed E-state index contributed by atoms with van der Waals surface area (Å²) in [6.45, 7) is 5.79. The summed E-state index contributed by atoms with van der Waals surface area (Å²) in [4.78, 5) is 0. The maximum atomic E-state index is 3.76. The number of hydrogen-bond acceptors (Lipinski definition) is 0. The molecule has 0 heterocycles. The Kier molecular flexibility index (Phi) is 3.56. The van der Waals surface area contributed by atoms with E-state index in [0.29, 0.717) is 0 Å². The predicted molar refractivity (Wildman–Crippen MR) is 76.7 cm³/mol. The molecular formula is C17H16. The highest BCUT2D eigenvalue weighted by Crippen LogP contribution is 2.21. The van der Waals surface area contributed by atoms with Gasteiger partial charge in [0.25, 0.3) is 0 Å². The Bertz CT molecular complexity index is 513. The van der Waals surface area contributed by atoms with Crippen molar-refractivity contribution in [1.29, 1.82) is 0 Å². The molecule has 0 fully saturated rings. The van der Waals surface area contributed by atoms with Crippen molar-refractivity contribution in [3.05, 3.63) is 72.3 Å². The zero-order chi connectivity index (χ0) is 12.1. The van der Waals surface area contributed by atoms with E-state index in [4.69, 9.17) is 0 Å². The predicted octanol–water partition coefficient (Wildman–Crippen LogP) is 5.03. The van der Waals surface area contributed by atoms with Crippen LogP contribution in [0.4, 0.5) is 0 Å². The van der Waals surface area contributed by atoms with Gasteiger partial charge in [-0.15, -0.1) is 0 Å². The van der Waals surface area contributed by atoms with Crippen molar-refractivity contribution in [2.24, 2.45) is 0 Å². The summed E-state index contributed by atoms with van der Waals surface area (Å²) in [6, 6.07) is 17.0. The maximum absolute atomic E-state index is 3.76. The number of benzene rings is 2. The molecule has 0 radical (unpaired) electrons. The summed E-state index contributed by atoms with van der Waals surface area (Å²) >= 11 is 0. The Labute approximate surface area is 103 Å². The van der Waals surface area contributed by atoms with Crippen molar-refractivity contribution < 1.29 is 0 Å². The Morgan fingerprint density at radius 2 is 1.24 bits per heavy atom. The van der Waals surface area contributed by atoms with Crippen molar-refractivity contribution in [2.45, 2.75) is 6.92 Å². The highest BCUT2D eigenvalue weighted by Gasteiger charge is 1.96. The number of hydrogen-bond donors (Lipinski definition) is 0. The van der Waals surface area contributed by atoms with E-state index in [1.807, 2.05) is 19.1 Å². The lowest BCUT2D eigenvalue weighted by Crippen LogP contribution is -1.79. The molecule has 0 atom stereocenters. The monoisotopic (exact) mass is 220 g/mol. The maximum Gasteiger partial charge on any atom is -0.0184 e. The summed E-state index contributed by atoms with van der Waals surface area (Å²) < 4.78 is 0. The molecule has 0 N–H and O–H groups in total. The fourth-order valence-corrected chi connectivity index (χ4v) is 1.79. The number of rotatable bonds is 3. The Hall–Kier alpha value is -2.08. The topological polar surface area (TPSA) is 0 Å². The van der Waals surface area contributed by atoms with Gasteiger partial charge >= 0.3 is 0 Å².